The molecule has 5 rings (SSSR count). The molecule has 30 heavy (non-hydrogen) atoms. The number of amides is 1. The highest BCUT2D eigenvalue weighted by Gasteiger charge is 2.49. The van der Waals surface area contributed by atoms with Crippen molar-refractivity contribution >= 4 is 5.91 Å². The topological polar surface area (TPSA) is 82.4 Å². The van der Waals surface area contributed by atoms with Gasteiger partial charge in [-0.05, 0) is 43.4 Å². The van der Waals surface area contributed by atoms with Crippen LogP contribution in [0.2, 0.25) is 0 Å². The highest BCUT2D eigenvalue weighted by molar-refractivity contribution is 6.01. The molecule has 0 N–H and O–H groups in total. The molecule has 3 heterocycles. The molecule has 1 aliphatic heterocycles. The summed E-state index contributed by atoms with van der Waals surface area (Å²) < 4.78 is 11.7. The smallest absolute Gasteiger partial charge is 0.260 e. The van der Waals surface area contributed by atoms with Gasteiger partial charge in [0.2, 0.25) is 5.88 Å². The van der Waals surface area contributed by atoms with Crippen LogP contribution >= 0.6 is 0 Å². The van der Waals surface area contributed by atoms with E-state index in [-0.39, 0.29) is 18.1 Å². The number of benzene rings is 1. The zero-order chi connectivity index (χ0) is 20.7. The van der Waals surface area contributed by atoms with E-state index in [1.165, 1.54) is 4.80 Å². The van der Waals surface area contributed by atoms with Gasteiger partial charge in [-0.1, -0.05) is 12.1 Å². The number of carbonyl (C=O) groups excluding carboxylic acids is 1. The Bertz CT molecular complexity index is 1050. The third kappa shape index (κ3) is 3.18. The summed E-state index contributed by atoms with van der Waals surface area (Å²) in [5, 5.41) is 8.41. The second-order valence-corrected chi connectivity index (χ2v) is 7.87. The van der Waals surface area contributed by atoms with Crippen LogP contribution < -0.4 is 9.47 Å². The van der Waals surface area contributed by atoms with Crippen molar-refractivity contribution in [3.63, 3.8) is 0 Å². The van der Waals surface area contributed by atoms with Gasteiger partial charge in [0.25, 0.3) is 5.91 Å². The fourth-order valence-corrected chi connectivity index (χ4v) is 4.56. The fourth-order valence-electron chi connectivity index (χ4n) is 4.56. The molecule has 0 radical (unpaired) electrons. The lowest BCUT2D eigenvalue weighted by Gasteiger charge is -2.33. The summed E-state index contributed by atoms with van der Waals surface area (Å²) >= 11 is 0. The van der Waals surface area contributed by atoms with Crippen LogP contribution in [0.3, 0.4) is 0 Å². The minimum atomic E-state index is -0.0857. The summed E-state index contributed by atoms with van der Waals surface area (Å²) in [7, 11) is 1.57. The molecule has 1 aromatic carbocycles. The first-order valence-electron chi connectivity index (χ1n) is 10.1. The monoisotopic (exact) mass is 405 g/mol. The van der Waals surface area contributed by atoms with Crippen molar-refractivity contribution in [1.29, 1.82) is 0 Å². The Kier molecular flexibility index (Phi) is 4.61. The van der Waals surface area contributed by atoms with E-state index in [1.807, 2.05) is 36.1 Å². The molecule has 1 aliphatic carbocycles. The molecule has 1 saturated carbocycles. The lowest BCUT2D eigenvalue weighted by molar-refractivity contribution is 0.0463. The van der Waals surface area contributed by atoms with E-state index < -0.39 is 0 Å². The normalized spacial score (nSPS) is 22.3. The Morgan fingerprint density at radius 3 is 2.67 bits per heavy atom. The number of hydrogen-bond donors (Lipinski definition) is 0. The first-order chi connectivity index (χ1) is 14.6. The van der Waals surface area contributed by atoms with Crippen molar-refractivity contribution in [2.75, 3.05) is 13.7 Å². The zero-order valence-electron chi connectivity index (χ0n) is 16.9. The first kappa shape index (κ1) is 18.6. The fraction of sp³-hybridized carbons (Fsp3) is 0.364. The number of aromatic nitrogens is 4. The maximum absolute atomic E-state index is 13.7. The number of piperidine rings is 1. The Morgan fingerprint density at radius 1 is 1.13 bits per heavy atom. The zero-order valence-corrected chi connectivity index (χ0v) is 16.9. The van der Waals surface area contributed by atoms with Crippen molar-refractivity contribution in [2.24, 2.45) is 5.92 Å². The summed E-state index contributed by atoms with van der Waals surface area (Å²) in [5.74, 6) is 1.45. The molecule has 2 aliphatic rings. The second-order valence-electron chi connectivity index (χ2n) is 7.87. The molecule has 3 atom stereocenters. The molecular formula is C22H23N5O3. The van der Waals surface area contributed by atoms with Gasteiger partial charge in [0.05, 0.1) is 25.5 Å². The van der Waals surface area contributed by atoms with Crippen LogP contribution in [0.1, 0.15) is 28.8 Å². The van der Waals surface area contributed by atoms with E-state index >= 15 is 0 Å². The van der Waals surface area contributed by atoms with Crippen molar-refractivity contribution in [2.45, 2.75) is 31.9 Å². The van der Waals surface area contributed by atoms with Crippen LogP contribution in [0.15, 0.2) is 48.9 Å². The summed E-state index contributed by atoms with van der Waals surface area (Å²) in [4.78, 5) is 21.4. The third-order valence-corrected chi connectivity index (χ3v) is 5.91. The van der Waals surface area contributed by atoms with Crippen LogP contribution in [0.25, 0.3) is 5.69 Å². The SMILES string of the molecule is COc1cccc(-n2nccn2)c1C(=O)N1CC2CC(Oc3ccc(C)cn3)C1C2. The van der Waals surface area contributed by atoms with Gasteiger partial charge in [-0.25, -0.2) is 4.98 Å². The molecule has 0 spiro atoms. The van der Waals surface area contributed by atoms with Gasteiger partial charge in [0.15, 0.2) is 0 Å². The average Bonchev–Trinajstić information content (AvgIpc) is 3.51. The van der Waals surface area contributed by atoms with Gasteiger partial charge in [-0.2, -0.15) is 15.0 Å². The third-order valence-electron chi connectivity index (χ3n) is 5.91. The van der Waals surface area contributed by atoms with Crippen molar-refractivity contribution in [3.05, 3.63) is 60.0 Å². The molecule has 2 bridgehead atoms. The number of fused-ring (bicyclic) bond motifs is 2. The molecular weight excluding hydrogens is 382 g/mol. The number of rotatable bonds is 5. The number of carbonyl (C=O) groups is 1. The van der Waals surface area contributed by atoms with Crippen molar-refractivity contribution < 1.29 is 14.3 Å². The molecule has 8 heteroatoms. The number of hydrogen-bond acceptors (Lipinski definition) is 6. The second kappa shape index (κ2) is 7.44. The predicted octanol–water partition coefficient (Wildman–Crippen LogP) is 2.66. The van der Waals surface area contributed by atoms with Gasteiger partial charge in [-0.15, -0.1) is 0 Å². The lowest BCUT2D eigenvalue weighted by Crippen LogP contribution is -2.47. The molecule has 8 nitrogen and oxygen atoms in total. The number of pyridine rings is 1. The Morgan fingerprint density at radius 2 is 1.97 bits per heavy atom. The minimum absolute atomic E-state index is 0.00828. The average molecular weight is 405 g/mol. The summed E-state index contributed by atoms with van der Waals surface area (Å²) in [6.45, 7) is 2.71. The molecule has 2 aromatic heterocycles. The predicted molar refractivity (Wildman–Crippen MR) is 109 cm³/mol. The number of likely N-dealkylation sites (tertiary alicyclic amines) is 1. The Labute approximate surface area is 174 Å². The van der Waals surface area contributed by atoms with E-state index in [0.29, 0.717) is 35.3 Å². The van der Waals surface area contributed by atoms with Crippen LogP contribution in [-0.2, 0) is 0 Å². The molecule has 154 valence electrons. The first-order valence-corrected chi connectivity index (χ1v) is 10.1. The van der Waals surface area contributed by atoms with Crippen LogP contribution in [0.5, 0.6) is 11.6 Å². The number of methoxy groups -OCH3 is 1. The van der Waals surface area contributed by atoms with Gasteiger partial charge in [0.1, 0.15) is 23.1 Å². The van der Waals surface area contributed by atoms with Gasteiger partial charge < -0.3 is 14.4 Å². The van der Waals surface area contributed by atoms with E-state index in [1.54, 1.807) is 31.8 Å². The summed E-state index contributed by atoms with van der Waals surface area (Å²) in [5.41, 5.74) is 2.16. The molecule has 3 unspecified atom stereocenters. The molecule has 2 fully saturated rings. The maximum Gasteiger partial charge on any atom is 0.260 e. The number of nitrogens with zero attached hydrogens (tertiary/aromatic N) is 5. The standard InChI is InChI=1S/C22H23N5O3/c1-14-6-7-20(23-12-14)30-19-11-15-10-17(19)26(13-15)22(28)21-16(27-24-8-9-25-27)4-3-5-18(21)29-2/h3-9,12,15,17,19H,10-11,13H2,1-2H3. The number of ether oxygens (including phenoxy) is 2. The van der Waals surface area contributed by atoms with Gasteiger partial charge in [-0.3, -0.25) is 4.79 Å². The molecule has 1 saturated heterocycles. The highest BCUT2D eigenvalue weighted by atomic mass is 16.5. The van der Waals surface area contributed by atoms with E-state index in [9.17, 15) is 4.79 Å². The molecule has 1 amide bonds. The van der Waals surface area contributed by atoms with E-state index in [2.05, 4.69) is 15.2 Å². The molecule has 3 aromatic rings. The largest absolute Gasteiger partial charge is 0.496 e. The quantitative estimate of drug-likeness (QED) is 0.649. The lowest BCUT2D eigenvalue weighted by atomic mass is 10.0. The highest BCUT2D eigenvalue weighted by Crippen LogP contribution is 2.41. The van der Waals surface area contributed by atoms with Crippen molar-refractivity contribution in [1.82, 2.24) is 24.9 Å². The maximum atomic E-state index is 13.7. The van der Waals surface area contributed by atoms with Gasteiger partial charge in [0, 0.05) is 18.8 Å². The Balaban J connectivity index is 1.44. The minimum Gasteiger partial charge on any atom is -0.496 e. The van der Waals surface area contributed by atoms with Crippen LogP contribution in [-0.4, -0.2) is 56.6 Å². The van der Waals surface area contributed by atoms with E-state index in [0.717, 1.165) is 18.4 Å². The van der Waals surface area contributed by atoms with Crippen LogP contribution in [0.4, 0.5) is 0 Å². The Hall–Kier alpha value is -3.42. The van der Waals surface area contributed by atoms with Crippen LogP contribution in [0, 0.1) is 12.8 Å². The van der Waals surface area contributed by atoms with Gasteiger partial charge >= 0.3 is 0 Å². The summed E-state index contributed by atoms with van der Waals surface area (Å²) in [6, 6.07) is 9.33. The van der Waals surface area contributed by atoms with Crippen molar-refractivity contribution in [3.8, 4) is 17.3 Å². The number of aryl methyl sites for hydroxylation is 1. The summed E-state index contributed by atoms with van der Waals surface area (Å²) in [6.07, 6.45) is 6.78. The van der Waals surface area contributed by atoms with E-state index in [4.69, 9.17) is 9.47 Å².